The Labute approximate surface area is 102 Å². The first-order chi connectivity index (χ1) is 7.49. The average Bonchev–Trinajstić information content (AvgIpc) is 2.18. The smallest absolute Gasteiger partial charge is 0.221 e. The van der Waals surface area contributed by atoms with E-state index in [1.54, 1.807) is 13.0 Å². The third kappa shape index (κ3) is 4.28. The van der Waals surface area contributed by atoms with Crippen molar-refractivity contribution in [1.29, 1.82) is 0 Å². The predicted molar refractivity (Wildman–Crippen MR) is 64.2 cm³/mol. The minimum atomic E-state index is -0.320. The van der Waals surface area contributed by atoms with Gasteiger partial charge in [-0.2, -0.15) is 0 Å². The molecule has 0 saturated carbocycles. The van der Waals surface area contributed by atoms with Crippen LogP contribution in [0.5, 0.6) is 0 Å². The summed E-state index contributed by atoms with van der Waals surface area (Å²) in [5, 5.41) is 2.68. The van der Waals surface area contributed by atoms with Crippen molar-refractivity contribution < 1.29 is 9.18 Å². The van der Waals surface area contributed by atoms with Crippen LogP contribution in [0.3, 0.4) is 0 Å². The summed E-state index contributed by atoms with van der Waals surface area (Å²) in [4.78, 5) is 11.3. The molecule has 1 aromatic carbocycles. The Morgan fingerprint density at radius 1 is 1.62 bits per heavy atom. The van der Waals surface area contributed by atoms with Gasteiger partial charge in [0.15, 0.2) is 0 Å². The molecule has 0 saturated heterocycles. The normalized spacial score (nSPS) is 12.2. The zero-order chi connectivity index (χ0) is 12.1. The maximum Gasteiger partial charge on any atom is 0.221 e. The molecule has 0 aliphatic rings. The molecule has 0 fully saturated rings. The fourth-order valence-electron chi connectivity index (χ4n) is 1.24. The van der Waals surface area contributed by atoms with E-state index >= 15 is 0 Å². The fourth-order valence-corrected chi connectivity index (χ4v) is 1.62. The van der Waals surface area contributed by atoms with E-state index in [1.807, 2.05) is 0 Å². The van der Waals surface area contributed by atoms with Gasteiger partial charge in [-0.3, -0.25) is 4.79 Å². The van der Waals surface area contributed by atoms with Crippen LogP contribution in [0.4, 0.5) is 4.39 Å². The first-order valence-corrected chi connectivity index (χ1v) is 5.74. The summed E-state index contributed by atoms with van der Waals surface area (Å²) in [6.07, 6.45) is 0.271. The standard InChI is InChI=1S/C11H14BrFN2O/c1-7(14)4-11(16)15-6-8-5-9(13)2-3-10(8)12/h2-3,5,7H,4,6,14H2,1H3,(H,15,16). The van der Waals surface area contributed by atoms with Crippen molar-refractivity contribution >= 4 is 21.8 Å². The van der Waals surface area contributed by atoms with E-state index in [-0.39, 0.29) is 24.2 Å². The fraction of sp³-hybridized carbons (Fsp3) is 0.364. The van der Waals surface area contributed by atoms with E-state index in [1.165, 1.54) is 12.1 Å². The summed E-state index contributed by atoms with van der Waals surface area (Å²) in [6, 6.07) is 4.19. The van der Waals surface area contributed by atoms with Gasteiger partial charge in [-0.1, -0.05) is 15.9 Å². The second-order valence-electron chi connectivity index (χ2n) is 3.69. The van der Waals surface area contributed by atoms with E-state index in [0.29, 0.717) is 12.1 Å². The molecule has 0 radical (unpaired) electrons. The average molecular weight is 289 g/mol. The van der Waals surface area contributed by atoms with E-state index in [2.05, 4.69) is 21.2 Å². The van der Waals surface area contributed by atoms with Crippen LogP contribution >= 0.6 is 15.9 Å². The first kappa shape index (κ1) is 13.1. The quantitative estimate of drug-likeness (QED) is 0.890. The second kappa shape index (κ2) is 5.96. The van der Waals surface area contributed by atoms with Crippen LogP contribution < -0.4 is 11.1 Å². The molecule has 0 aromatic heterocycles. The number of hydrogen-bond donors (Lipinski definition) is 2. The van der Waals surface area contributed by atoms with Gasteiger partial charge in [0.1, 0.15) is 5.82 Å². The van der Waals surface area contributed by atoms with Crippen molar-refractivity contribution in [2.75, 3.05) is 0 Å². The molecule has 1 unspecified atom stereocenters. The second-order valence-corrected chi connectivity index (χ2v) is 4.55. The zero-order valence-corrected chi connectivity index (χ0v) is 10.6. The van der Waals surface area contributed by atoms with Crippen LogP contribution in [0.1, 0.15) is 18.9 Å². The topological polar surface area (TPSA) is 55.1 Å². The van der Waals surface area contributed by atoms with E-state index < -0.39 is 0 Å². The molecule has 1 amide bonds. The van der Waals surface area contributed by atoms with Crippen LogP contribution in [-0.4, -0.2) is 11.9 Å². The highest BCUT2D eigenvalue weighted by Gasteiger charge is 2.06. The Hall–Kier alpha value is -0.940. The maximum atomic E-state index is 12.9. The van der Waals surface area contributed by atoms with Gasteiger partial charge < -0.3 is 11.1 Å². The third-order valence-corrected chi connectivity index (χ3v) is 2.76. The zero-order valence-electron chi connectivity index (χ0n) is 8.97. The van der Waals surface area contributed by atoms with Crippen LogP contribution in [0.25, 0.3) is 0 Å². The molecule has 0 aliphatic carbocycles. The number of benzene rings is 1. The number of carbonyl (C=O) groups is 1. The molecule has 88 valence electrons. The summed E-state index contributed by atoms with van der Waals surface area (Å²) < 4.78 is 13.7. The summed E-state index contributed by atoms with van der Waals surface area (Å²) in [7, 11) is 0. The van der Waals surface area contributed by atoms with Crippen molar-refractivity contribution in [2.24, 2.45) is 5.73 Å². The molecule has 1 aromatic rings. The molecule has 0 spiro atoms. The molecule has 3 nitrogen and oxygen atoms in total. The molecular weight excluding hydrogens is 275 g/mol. The summed E-state index contributed by atoms with van der Waals surface area (Å²) >= 11 is 3.29. The summed E-state index contributed by atoms with van der Waals surface area (Å²) in [6.45, 7) is 2.06. The van der Waals surface area contributed by atoms with Crippen molar-refractivity contribution in [3.8, 4) is 0 Å². The number of halogens is 2. The van der Waals surface area contributed by atoms with E-state index in [9.17, 15) is 9.18 Å². The Morgan fingerprint density at radius 3 is 2.94 bits per heavy atom. The number of nitrogens with two attached hydrogens (primary N) is 1. The third-order valence-electron chi connectivity index (χ3n) is 1.99. The SMILES string of the molecule is CC(N)CC(=O)NCc1cc(F)ccc1Br. The molecule has 3 N–H and O–H groups in total. The van der Waals surface area contributed by atoms with Crippen LogP contribution in [-0.2, 0) is 11.3 Å². The van der Waals surface area contributed by atoms with E-state index in [0.717, 1.165) is 4.47 Å². The minimum absolute atomic E-state index is 0.133. The largest absolute Gasteiger partial charge is 0.352 e. The molecule has 0 heterocycles. The monoisotopic (exact) mass is 288 g/mol. The van der Waals surface area contributed by atoms with E-state index in [4.69, 9.17) is 5.73 Å². The molecule has 0 aliphatic heterocycles. The Balaban J connectivity index is 2.54. The number of nitrogens with one attached hydrogen (secondary N) is 1. The number of amides is 1. The lowest BCUT2D eigenvalue weighted by Gasteiger charge is -2.08. The number of rotatable bonds is 4. The maximum absolute atomic E-state index is 12.9. The van der Waals surface area contributed by atoms with Crippen molar-refractivity contribution in [3.05, 3.63) is 34.1 Å². The predicted octanol–water partition coefficient (Wildman–Crippen LogP) is 1.94. The highest BCUT2D eigenvalue weighted by molar-refractivity contribution is 9.10. The lowest BCUT2D eigenvalue weighted by Crippen LogP contribution is -2.29. The minimum Gasteiger partial charge on any atom is -0.352 e. The lowest BCUT2D eigenvalue weighted by molar-refractivity contribution is -0.121. The lowest BCUT2D eigenvalue weighted by atomic mass is 10.2. The van der Waals surface area contributed by atoms with Gasteiger partial charge in [-0.25, -0.2) is 4.39 Å². The number of carbonyl (C=O) groups excluding carboxylic acids is 1. The molecular formula is C11H14BrFN2O. The first-order valence-electron chi connectivity index (χ1n) is 4.95. The van der Waals surface area contributed by atoms with Gasteiger partial charge in [0.2, 0.25) is 5.91 Å². The molecule has 0 bridgehead atoms. The van der Waals surface area contributed by atoms with Crippen molar-refractivity contribution in [1.82, 2.24) is 5.32 Å². The van der Waals surface area contributed by atoms with Crippen LogP contribution in [0.15, 0.2) is 22.7 Å². The molecule has 16 heavy (non-hydrogen) atoms. The van der Waals surface area contributed by atoms with Gasteiger partial charge >= 0.3 is 0 Å². The summed E-state index contributed by atoms with van der Waals surface area (Å²) in [5.74, 6) is -0.453. The Morgan fingerprint density at radius 2 is 2.31 bits per heavy atom. The molecule has 1 rings (SSSR count). The molecule has 1 atom stereocenters. The summed E-state index contributed by atoms with van der Waals surface area (Å²) in [5.41, 5.74) is 6.19. The van der Waals surface area contributed by atoms with Gasteiger partial charge in [0.25, 0.3) is 0 Å². The Bertz CT molecular complexity index is 382. The Kier molecular flexibility index (Phi) is 4.89. The van der Waals surface area contributed by atoms with Crippen molar-refractivity contribution in [3.63, 3.8) is 0 Å². The van der Waals surface area contributed by atoms with Gasteiger partial charge in [-0.05, 0) is 30.7 Å². The highest BCUT2D eigenvalue weighted by Crippen LogP contribution is 2.17. The van der Waals surface area contributed by atoms with Crippen molar-refractivity contribution in [2.45, 2.75) is 25.9 Å². The van der Waals surface area contributed by atoms with Gasteiger partial charge in [-0.15, -0.1) is 0 Å². The highest BCUT2D eigenvalue weighted by atomic mass is 79.9. The van der Waals surface area contributed by atoms with Crippen LogP contribution in [0.2, 0.25) is 0 Å². The molecule has 5 heteroatoms. The van der Waals surface area contributed by atoms with Gasteiger partial charge in [0, 0.05) is 23.5 Å². The van der Waals surface area contributed by atoms with Crippen LogP contribution in [0, 0.1) is 5.82 Å². The van der Waals surface area contributed by atoms with Gasteiger partial charge in [0.05, 0.1) is 0 Å². The number of hydrogen-bond acceptors (Lipinski definition) is 2.